The molecular formula is C14H17N5O3. The summed E-state index contributed by atoms with van der Waals surface area (Å²) in [6.07, 6.45) is 0.841. The number of tetrazole rings is 1. The number of phenolic OH excluding ortho intramolecular Hbond substituents is 1. The smallest absolute Gasteiger partial charge is 0.270 e. The minimum atomic E-state index is -0.605. The molecule has 1 aromatic heterocycles. The first-order chi connectivity index (χ1) is 10.4. The Morgan fingerprint density at radius 2 is 2.05 bits per heavy atom. The topological polar surface area (TPSA) is 121 Å². The van der Waals surface area contributed by atoms with Crippen LogP contribution in [0.1, 0.15) is 59.4 Å². The lowest BCUT2D eigenvalue weighted by Gasteiger charge is -2.14. The van der Waals surface area contributed by atoms with E-state index in [1.807, 2.05) is 13.8 Å². The number of aromatic hydroxyl groups is 1. The fraction of sp³-hybridized carbons (Fsp3) is 0.357. The van der Waals surface area contributed by atoms with Crippen molar-refractivity contribution in [1.82, 2.24) is 20.6 Å². The van der Waals surface area contributed by atoms with E-state index in [0.29, 0.717) is 0 Å². The summed E-state index contributed by atoms with van der Waals surface area (Å²) in [6.45, 7) is 5.33. The predicted molar refractivity (Wildman–Crippen MR) is 78.9 cm³/mol. The number of Topliss-reactive ketones (excluding diaryl/α,β-unsaturated/α-hetero) is 1. The van der Waals surface area contributed by atoms with Crippen molar-refractivity contribution >= 4 is 17.6 Å². The standard InChI is InChI=1S/C14H17N5O3/c1-4-7(2)9-5-10(8(3)20)12(21)11(6-9)13(22)15-14-16-18-19-17-14/h5-7,21H,4H2,1-3H3,(H2,15,16,17,18,19,22). The zero-order chi connectivity index (χ0) is 16.3. The van der Waals surface area contributed by atoms with Crippen molar-refractivity contribution in [1.29, 1.82) is 0 Å². The van der Waals surface area contributed by atoms with Gasteiger partial charge in [-0.3, -0.25) is 14.9 Å². The number of ketones is 1. The van der Waals surface area contributed by atoms with E-state index in [1.54, 1.807) is 12.1 Å². The molecule has 0 radical (unpaired) electrons. The molecule has 0 bridgehead atoms. The molecule has 1 unspecified atom stereocenters. The Labute approximate surface area is 126 Å². The molecule has 8 heteroatoms. The third-order valence-electron chi connectivity index (χ3n) is 3.51. The molecule has 2 rings (SSSR count). The van der Waals surface area contributed by atoms with E-state index in [0.717, 1.165) is 12.0 Å². The molecule has 3 N–H and O–H groups in total. The van der Waals surface area contributed by atoms with Crippen LogP contribution in [0.25, 0.3) is 0 Å². The van der Waals surface area contributed by atoms with Gasteiger partial charge in [0, 0.05) is 0 Å². The summed E-state index contributed by atoms with van der Waals surface area (Å²) in [5.41, 5.74) is 0.938. The van der Waals surface area contributed by atoms with Crippen molar-refractivity contribution in [3.05, 3.63) is 28.8 Å². The number of aromatic nitrogens is 4. The molecule has 1 heterocycles. The largest absolute Gasteiger partial charge is 0.506 e. The number of amides is 1. The Hall–Kier alpha value is -2.77. The van der Waals surface area contributed by atoms with Crippen molar-refractivity contribution < 1.29 is 14.7 Å². The number of rotatable bonds is 5. The maximum Gasteiger partial charge on any atom is 0.270 e. The Morgan fingerprint density at radius 1 is 1.36 bits per heavy atom. The van der Waals surface area contributed by atoms with E-state index in [2.05, 4.69) is 25.9 Å². The molecule has 0 fully saturated rings. The SMILES string of the molecule is CCC(C)c1cc(C(C)=O)c(O)c(C(=O)Nc2nn[nH]n2)c1. The maximum atomic E-state index is 12.3. The van der Waals surface area contributed by atoms with Crippen LogP contribution in [0.5, 0.6) is 5.75 Å². The van der Waals surface area contributed by atoms with Crippen molar-refractivity contribution in [3.8, 4) is 5.75 Å². The Bertz CT molecular complexity index is 697. The van der Waals surface area contributed by atoms with Gasteiger partial charge >= 0.3 is 0 Å². The molecular weight excluding hydrogens is 286 g/mol. The second-order valence-electron chi connectivity index (χ2n) is 5.02. The van der Waals surface area contributed by atoms with Gasteiger partial charge in [-0.15, -0.1) is 5.10 Å². The predicted octanol–water partition coefficient (Wildman–Crippen LogP) is 1.87. The quantitative estimate of drug-likeness (QED) is 0.725. The summed E-state index contributed by atoms with van der Waals surface area (Å²) in [5.74, 6) is -1.12. The van der Waals surface area contributed by atoms with Crippen LogP contribution in [0, 0.1) is 0 Å². The normalized spacial score (nSPS) is 12.0. The number of nitrogens with one attached hydrogen (secondary N) is 2. The summed E-state index contributed by atoms with van der Waals surface area (Å²) in [5, 5.41) is 25.4. The second-order valence-corrected chi connectivity index (χ2v) is 5.02. The van der Waals surface area contributed by atoms with Crippen LogP contribution in [-0.2, 0) is 0 Å². The number of benzene rings is 1. The Morgan fingerprint density at radius 3 is 2.59 bits per heavy atom. The molecule has 0 saturated carbocycles. The summed E-state index contributed by atoms with van der Waals surface area (Å²) >= 11 is 0. The van der Waals surface area contributed by atoms with Crippen LogP contribution in [0.2, 0.25) is 0 Å². The minimum absolute atomic E-state index is 0.00722. The molecule has 0 aliphatic heterocycles. The van der Waals surface area contributed by atoms with Crippen LogP contribution < -0.4 is 5.32 Å². The van der Waals surface area contributed by atoms with E-state index < -0.39 is 5.91 Å². The van der Waals surface area contributed by atoms with E-state index in [4.69, 9.17) is 0 Å². The molecule has 1 amide bonds. The van der Waals surface area contributed by atoms with Crippen molar-refractivity contribution in [2.75, 3.05) is 5.32 Å². The lowest BCUT2D eigenvalue weighted by atomic mass is 9.92. The first-order valence-corrected chi connectivity index (χ1v) is 6.86. The van der Waals surface area contributed by atoms with Gasteiger partial charge in [-0.1, -0.05) is 18.9 Å². The van der Waals surface area contributed by atoms with Gasteiger partial charge in [-0.25, -0.2) is 0 Å². The van der Waals surface area contributed by atoms with Gasteiger partial charge in [0.15, 0.2) is 5.78 Å². The molecule has 0 spiro atoms. The first-order valence-electron chi connectivity index (χ1n) is 6.86. The molecule has 0 aliphatic carbocycles. The average molecular weight is 303 g/mol. The lowest BCUT2D eigenvalue weighted by molar-refractivity contribution is 0.101. The van der Waals surface area contributed by atoms with Gasteiger partial charge in [0.25, 0.3) is 11.9 Å². The van der Waals surface area contributed by atoms with Crippen molar-refractivity contribution in [2.45, 2.75) is 33.1 Å². The van der Waals surface area contributed by atoms with Gasteiger partial charge in [0.1, 0.15) is 5.75 Å². The number of H-pyrrole nitrogens is 1. The molecule has 0 saturated heterocycles. The highest BCUT2D eigenvalue weighted by Crippen LogP contribution is 2.30. The highest BCUT2D eigenvalue weighted by molar-refractivity contribution is 6.08. The lowest BCUT2D eigenvalue weighted by Crippen LogP contribution is -2.15. The molecule has 8 nitrogen and oxygen atoms in total. The number of hydrogen-bond donors (Lipinski definition) is 3. The number of hydrogen-bond acceptors (Lipinski definition) is 6. The van der Waals surface area contributed by atoms with E-state index in [-0.39, 0.29) is 34.5 Å². The molecule has 116 valence electrons. The summed E-state index contributed by atoms with van der Waals surface area (Å²) in [6, 6.07) is 3.20. The molecule has 22 heavy (non-hydrogen) atoms. The second kappa shape index (κ2) is 6.33. The highest BCUT2D eigenvalue weighted by atomic mass is 16.3. The molecule has 1 atom stereocenters. The van der Waals surface area contributed by atoms with Gasteiger partial charge in [0.05, 0.1) is 11.1 Å². The van der Waals surface area contributed by atoms with Crippen LogP contribution in [0.4, 0.5) is 5.95 Å². The van der Waals surface area contributed by atoms with Crippen LogP contribution >= 0.6 is 0 Å². The first kappa shape index (κ1) is 15.6. The van der Waals surface area contributed by atoms with Gasteiger partial charge in [-0.05, 0) is 42.2 Å². The minimum Gasteiger partial charge on any atom is -0.506 e. The van der Waals surface area contributed by atoms with E-state index in [9.17, 15) is 14.7 Å². The third kappa shape index (κ3) is 3.11. The third-order valence-corrected chi connectivity index (χ3v) is 3.51. The molecule has 1 aromatic carbocycles. The average Bonchev–Trinajstić information content (AvgIpc) is 2.99. The summed E-state index contributed by atoms with van der Waals surface area (Å²) in [4.78, 5) is 24.0. The highest BCUT2D eigenvalue weighted by Gasteiger charge is 2.21. The van der Waals surface area contributed by atoms with Crippen molar-refractivity contribution in [2.24, 2.45) is 0 Å². The fourth-order valence-corrected chi connectivity index (χ4v) is 2.00. The summed E-state index contributed by atoms with van der Waals surface area (Å²) < 4.78 is 0. The van der Waals surface area contributed by atoms with Gasteiger partial charge in [-0.2, -0.15) is 5.21 Å². The summed E-state index contributed by atoms with van der Waals surface area (Å²) in [7, 11) is 0. The van der Waals surface area contributed by atoms with E-state index in [1.165, 1.54) is 6.92 Å². The maximum absolute atomic E-state index is 12.3. The zero-order valence-corrected chi connectivity index (χ0v) is 12.5. The number of phenols is 1. The van der Waals surface area contributed by atoms with Crippen LogP contribution in [0.3, 0.4) is 0 Å². The number of aromatic amines is 1. The monoisotopic (exact) mass is 303 g/mol. The van der Waals surface area contributed by atoms with Crippen molar-refractivity contribution in [3.63, 3.8) is 0 Å². The molecule has 2 aromatic rings. The Balaban J connectivity index is 2.46. The zero-order valence-electron chi connectivity index (χ0n) is 12.5. The van der Waals surface area contributed by atoms with Crippen LogP contribution in [-0.4, -0.2) is 37.4 Å². The number of anilines is 1. The van der Waals surface area contributed by atoms with Gasteiger partial charge in [0.2, 0.25) is 0 Å². The van der Waals surface area contributed by atoms with Gasteiger partial charge < -0.3 is 5.11 Å². The van der Waals surface area contributed by atoms with Crippen LogP contribution in [0.15, 0.2) is 12.1 Å². The number of carbonyl (C=O) groups is 2. The molecule has 0 aliphatic rings. The number of nitrogens with zero attached hydrogens (tertiary/aromatic N) is 3. The number of carbonyl (C=O) groups excluding carboxylic acids is 2. The Kier molecular flexibility index (Phi) is 4.50. The fourth-order valence-electron chi connectivity index (χ4n) is 2.00. The van der Waals surface area contributed by atoms with E-state index >= 15 is 0 Å².